The van der Waals surface area contributed by atoms with E-state index in [0.717, 1.165) is 11.1 Å². The maximum Gasteiger partial charge on any atom is 0.263 e. The molecule has 140 valence electrons. The fraction of sp³-hybridized carbons (Fsp3) is 0.136. The molecular formula is C22H18N2O3S. The van der Waals surface area contributed by atoms with Crippen LogP contribution >= 0.6 is 11.3 Å². The fourth-order valence-electron chi connectivity index (χ4n) is 3.06. The Labute approximate surface area is 165 Å². The summed E-state index contributed by atoms with van der Waals surface area (Å²) in [5.41, 5.74) is 2.14. The molecule has 0 unspecified atom stereocenters. The summed E-state index contributed by atoms with van der Waals surface area (Å²) in [7, 11) is 0. The van der Waals surface area contributed by atoms with E-state index in [2.05, 4.69) is 4.98 Å². The second-order valence-electron chi connectivity index (χ2n) is 6.25. The fourth-order valence-corrected chi connectivity index (χ4v) is 3.97. The number of ketones is 1. The van der Waals surface area contributed by atoms with Gasteiger partial charge in [0.1, 0.15) is 10.6 Å². The van der Waals surface area contributed by atoms with E-state index in [1.165, 1.54) is 22.2 Å². The number of ether oxygens (including phenoxy) is 1. The molecule has 0 atom stereocenters. The Hall–Kier alpha value is -3.25. The highest BCUT2D eigenvalue weighted by Crippen LogP contribution is 2.30. The van der Waals surface area contributed by atoms with Gasteiger partial charge in [-0.3, -0.25) is 14.2 Å². The Morgan fingerprint density at radius 2 is 1.86 bits per heavy atom. The average molecular weight is 390 g/mol. The molecule has 0 fully saturated rings. The summed E-state index contributed by atoms with van der Waals surface area (Å²) in [4.78, 5) is 30.7. The van der Waals surface area contributed by atoms with Gasteiger partial charge in [0, 0.05) is 16.5 Å². The molecule has 5 nitrogen and oxygen atoms in total. The minimum atomic E-state index is -0.204. The van der Waals surface area contributed by atoms with Crippen molar-refractivity contribution in [3.63, 3.8) is 0 Å². The zero-order chi connectivity index (χ0) is 19.5. The second-order valence-corrected chi connectivity index (χ2v) is 7.11. The molecule has 0 aliphatic rings. The summed E-state index contributed by atoms with van der Waals surface area (Å²) in [5.74, 6) is 0.563. The highest BCUT2D eigenvalue weighted by molar-refractivity contribution is 7.17. The highest BCUT2D eigenvalue weighted by Gasteiger charge is 2.15. The van der Waals surface area contributed by atoms with Gasteiger partial charge in [0.25, 0.3) is 5.56 Å². The van der Waals surface area contributed by atoms with E-state index < -0.39 is 0 Å². The first-order valence-corrected chi connectivity index (χ1v) is 9.83. The first-order chi connectivity index (χ1) is 13.7. The molecule has 0 bridgehead atoms. The molecule has 0 aliphatic heterocycles. The van der Waals surface area contributed by atoms with Crippen molar-refractivity contribution < 1.29 is 9.53 Å². The lowest BCUT2D eigenvalue weighted by Crippen LogP contribution is -2.24. The third-order valence-electron chi connectivity index (χ3n) is 4.45. The third kappa shape index (κ3) is 3.46. The van der Waals surface area contributed by atoms with Crippen LogP contribution in [0.1, 0.15) is 17.3 Å². The lowest BCUT2D eigenvalue weighted by molar-refractivity contribution is 0.0970. The summed E-state index contributed by atoms with van der Waals surface area (Å²) in [6, 6.07) is 16.7. The van der Waals surface area contributed by atoms with Crippen LogP contribution in [-0.2, 0) is 6.54 Å². The maximum atomic E-state index is 13.0. The quantitative estimate of drug-likeness (QED) is 0.458. The van der Waals surface area contributed by atoms with Gasteiger partial charge in [0.2, 0.25) is 0 Å². The standard InChI is InChI=1S/C22H18N2O3S/c1-2-27-17-10-8-16(9-11-17)19(25)12-24-14-23-21-20(22(24)26)18(13-28-21)15-6-4-3-5-7-15/h3-11,13-14H,2,12H2,1H3. The minimum absolute atomic E-state index is 0.0557. The summed E-state index contributed by atoms with van der Waals surface area (Å²) >= 11 is 1.43. The molecule has 0 spiro atoms. The van der Waals surface area contributed by atoms with Crippen LogP contribution in [0.3, 0.4) is 0 Å². The Morgan fingerprint density at radius 3 is 2.57 bits per heavy atom. The monoisotopic (exact) mass is 390 g/mol. The largest absolute Gasteiger partial charge is 0.494 e. The predicted octanol–water partition coefficient (Wildman–Crippen LogP) is 4.41. The molecule has 2 heterocycles. The number of hydrogen-bond acceptors (Lipinski definition) is 5. The van der Waals surface area contributed by atoms with Crippen LogP contribution in [0.4, 0.5) is 0 Å². The average Bonchev–Trinajstić information content (AvgIpc) is 3.16. The molecule has 0 amide bonds. The molecule has 0 aliphatic carbocycles. The molecular weight excluding hydrogens is 372 g/mol. The number of fused-ring (bicyclic) bond motifs is 1. The zero-order valence-corrected chi connectivity index (χ0v) is 16.1. The van der Waals surface area contributed by atoms with Gasteiger partial charge in [0.05, 0.1) is 24.9 Å². The minimum Gasteiger partial charge on any atom is -0.494 e. The van der Waals surface area contributed by atoms with Crippen LogP contribution in [0, 0.1) is 0 Å². The molecule has 0 saturated heterocycles. The van der Waals surface area contributed by atoms with E-state index in [1.807, 2.05) is 42.6 Å². The number of thiophene rings is 1. The SMILES string of the molecule is CCOc1ccc(C(=O)Cn2cnc3scc(-c4ccccc4)c3c2=O)cc1. The first kappa shape index (κ1) is 18.1. The highest BCUT2D eigenvalue weighted by atomic mass is 32.1. The van der Waals surface area contributed by atoms with Crippen LogP contribution in [-0.4, -0.2) is 21.9 Å². The van der Waals surface area contributed by atoms with Crippen molar-refractivity contribution in [1.29, 1.82) is 0 Å². The van der Waals surface area contributed by atoms with E-state index in [-0.39, 0.29) is 17.9 Å². The topological polar surface area (TPSA) is 61.2 Å². The Kier molecular flexibility index (Phi) is 5.04. The summed E-state index contributed by atoms with van der Waals surface area (Å²) in [6.45, 7) is 2.42. The van der Waals surface area contributed by atoms with Crippen LogP contribution in [0.25, 0.3) is 21.3 Å². The van der Waals surface area contributed by atoms with E-state index in [1.54, 1.807) is 24.3 Å². The smallest absolute Gasteiger partial charge is 0.263 e. The Bertz CT molecular complexity index is 1180. The number of aromatic nitrogens is 2. The van der Waals surface area contributed by atoms with Crippen molar-refractivity contribution in [2.45, 2.75) is 13.5 Å². The number of hydrogen-bond donors (Lipinski definition) is 0. The van der Waals surface area contributed by atoms with Gasteiger partial charge >= 0.3 is 0 Å². The van der Waals surface area contributed by atoms with Gasteiger partial charge < -0.3 is 4.74 Å². The van der Waals surface area contributed by atoms with Gasteiger partial charge in [-0.15, -0.1) is 11.3 Å². The maximum absolute atomic E-state index is 13.0. The van der Waals surface area contributed by atoms with Crippen molar-refractivity contribution in [3.05, 3.63) is 82.2 Å². The molecule has 4 rings (SSSR count). The van der Waals surface area contributed by atoms with Gasteiger partial charge in [-0.05, 0) is 36.8 Å². The number of nitrogens with zero attached hydrogens (tertiary/aromatic N) is 2. The van der Waals surface area contributed by atoms with Crippen molar-refractivity contribution in [2.75, 3.05) is 6.61 Å². The number of benzene rings is 2. The lowest BCUT2D eigenvalue weighted by atomic mass is 10.1. The molecule has 0 saturated carbocycles. The molecule has 6 heteroatoms. The molecule has 2 aromatic carbocycles. The van der Waals surface area contributed by atoms with Crippen LogP contribution in [0.5, 0.6) is 5.75 Å². The summed E-state index contributed by atoms with van der Waals surface area (Å²) in [5, 5.41) is 2.49. The normalized spacial score (nSPS) is 10.9. The van der Waals surface area contributed by atoms with Crippen molar-refractivity contribution in [2.24, 2.45) is 0 Å². The van der Waals surface area contributed by atoms with Crippen LogP contribution in [0.15, 0.2) is 71.1 Å². The van der Waals surface area contributed by atoms with Crippen LogP contribution in [0.2, 0.25) is 0 Å². The number of carbonyl (C=O) groups excluding carboxylic acids is 1. The van der Waals surface area contributed by atoms with Gasteiger partial charge in [-0.2, -0.15) is 0 Å². The zero-order valence-electron chi connectivity index (χ0n) is 15.3. The summed E-state index contributed by atoms with van der Waals surface area (Å²) in [6.07, 6.45) is 1.45. The number of carbonyl (C=O) groups is 1. The number of Topliss-reactive ketones (excluding diaryl/α,β-unsaturated/α-hetero) is 1. The van der Waals surface area contributed by atoms with E-state index >= 15 is 0 Å². The molecule has 28 heavy (non-hydrogen) atoms. The van der Waals surface area contributed by atoms with E-state index in [0.29, 0.717) is 28.1 Å². The van der Waals surface area contributed by atoms with Crippen molar-refractivity contribution in [1.82, 2.24) is 9.55 Å². The predicted molar refractivity (Wildman–Crippen MR) is 111 cm³/mol. The van der Waals surface area contributed by atoms with Crippen LogP contribution < -0.4 is 10.3 Å². The lowest BCUT2D eigenvalue weighted by Gasteiger charge is -2.07. The van der Waals surface area contributed by atoms with Gasteiger partial charge in [-0.25, -0.2) is 4.98 Å². The van der Waals surface area contributed by atoms with E-state index in [4.69, 9.17) is 4.74 Å². The second kappa shape index (κ2) is 7.78. The first-order valence-electron chi connectivity index (χ1n) is 8.95. The third-order valence-corrected chi connectivity index (χ3v) is 5.33. The van der Waals surface area contributed by atoms with Gasteiger partial charge in [-0.1, -0.05) is 30.3 Å². The molecule has 4 aromatic rings. The molecule has 2 aromatic heterocycles. The number of rotatable bonds is 6. The van der Waals surface area contributed by atoms with Crippen molar-refractivity contribution >= 4 is 27.3 Å². The van der Waals surface area contributed by atoms with Crippen molar-refractivity contribution in [3.8, 4) is 16.9 Å². The Balaban J connectivity index is 1.67. The molecule has 0 radical (unpaired) electrons. The van der Waals surface area contributed by atoms with Gasteiger partial charge in [0.15, 0.2) is 5.78 Å². The molecule has 0 N–H and O–H groups in total. The Morgan fingerprint density at radius 1 is 1.11 bits per heavy atom. The van der Waals surface area contributed by atoms with E-state index in [9.17, 15) is 9.59 Å². The summed E-state index contributed by atoms with van der Waals surface area (Å²) < 4.78 is 6.77.